The van der Waals surface area contributed by atoms with Crippen molar-refractivity contribution in [1.82, 2.24) is 10.2 Å². The number of methoxy groups -OCH3 is 1. The van der Waals surface area contributed by atoms with E-state index in [0.29, 0.717) is 44.8 Å². The van der Waals surface area contributed by atoms with E-state index in [1.807, 2.05) is 4.90 Å². The predicted molar refractivity (Wildman–Crippen MR) is 118 cm³/mol. The molecule has 0 atom stereocenters. The number of aliphatic imine (C=N–C) groups is 1. The molecule has 1 aliphatic rings. The monoisotopic (exact) mass is 528 g/mol. The molecule has 10 heteroatoms. The minimum Gasteiger partial charge on any atom is -0.469 e. The van der Waals surface area contributed by atoms with E-state index in [0.717, 1.165) is 24.9 Å². The van der Waals surface area contributed by atoms with E-state index in [1.54, 1.807) is 13.1 Å². The molecule has 29 heavy (non-hydrogen) atoms. The van der Waals surface area contributed by atoms with Gasteiger partial charge >= 0.3 is 12.1 Å². The highest BCUT2D eigenvalue weighted by molar-refractivity contribution is 14.0. The number of guanidine groups is 1. The van der Waals surface area contributed by atoms with E-state index in [1.165, 1.54) is 19.2 Å². The Labute approximate surface area is 186 Å². The number of ether oxygens (including phenoxy) is 1. The molecule has 1 saturated heterocycles. The molecule has 0 amide bonds. The maximum Gasteiger partial charge on any atom is 0.416 e. The van der Waals surface area contributed by atoms with Crippen molar-refractivity contribution < 1.29 is 22.7 Å². The second kappa shape index (κ2) is 12.1. The first kappa shape index (κ1) is 25.3. The smallest absolute Gasteiger partial charge is 0.416 e. The molecule has 1 heterocycles. The lowest BCUT2D eigenvalue weighted by atomic mass is 10.1. The maximum absolute atomic E-state index is 12.9. The van der Waals surface area contributed by atoms with E-state index in [9.17, 15) is 18.0 Å². The number of alkyl halides is 3. The molecule has 0 spiro atoms. The van der Waals surface area contributed by atoms with Gasteiger partial charge in [-0.3, -0.25) is 9.79 Å². The van der Waals surface area contributed by atoms with Crippen LogP contribution >= 0.6 is 24.0 Å². The minimum absolute atomic E-state index is 0. The lowest BCUT2D eigenvalue weighted by Crippen LogP contribution is -2.52. The fourth-order valence-corrected chi connectivity index (χ4v) is 3.08. The van der Waals surface area contributed by atoms with E-state index in [-0.39, 0.29) is 29.9 Å². The maximum atomic E-state index is 12.9. The van der Waals surface area contributed by atoms with Gasteiger partial charge in [-0.05, 0) is 31.0 Å². The van der Waals surface area contributed by atoms with Crippen molar-refractivity contribution in [2.24, 2.45) is 4.99 Å². The second-order valence-corrected chi connectivity index (χ2v) is 6.53. The molecule has 0 saturated carbocycles. The number of esters is 1. The third-order valence-corrected chi connectivity index (χ3v) is 4.65. The highest BCUT2D eigenvalue weighted by atomic mass is 127. The molecule has 1 aliphatic heterocycles. The number of unbranched alkanes of at least 4 members (excludes halogenated alkanes) is 1. The van der Waals surface area contributed by atoms with Crippen LogP contribution in [0.15, 0.2) is 29.3 Å². The number of nitrogens with one attached hydrogen (secondary N) is 1. The van der Waals surface area contributed by atoms with Crippen LogP contribution in [0, 0.1) is 0 Å². The molecule has 1 N–H and O–H groups in total. The number of benzene rings is 1. The van der Waals surface area contributed by atoms with Crippen LogP contribution in [-0.4, -0.2) is 63.7 Å². The van der Waals surface area contributed by atoms with Gasteiger partial charge in [0.15, 0.2) is 5.96 Å². The van der Waals surface area contributed by atoms with E-state index < -0.39 is 11.7 Å². The molecule has 1 aromatic rings. The molecule has 2 rings (SSSR count). The van der Waals surface area contributed by atoms with Gasteiger partial charge in [0.2, 0.25) is 0 Å². The van der Waals surface area contributed by atoms with Crippen LogP contribution in [0.25, 0.3) is 0 Å². The van der Waals surface area contributed by atoms with Gasteiger partial charge in [-0.1, -0.05) is 6.07 Å². The molecule has 0 radical (unpaired) electrons. The van der Waals surface area contributed by atoms with E-state index >= 15 is 0 Å². The fourth-order valence-electron chi connectivity index (χ4n) is 3.08. The Bertz CT molecular complexity index is 678. The zero-order valence-corrected chi connectivity index (χ0v) is 19.0. The summed E-state index contributed by atoms with van der Waals surface area (Å²) in [6.07, 6.45) is -2.39. The number of hydrogen-bond donors (Lipinski definition) is 1. The number of piperazine rings is 1. The molecular formula is C19H28F3IN4O2. The SMILES string of the molecule is CN=C(NCCCCC(=O)OC)N1CCN(c2cccc(C(F)(F)F)c2)CC1.I. The highest BCUT2D eigenvalue weighted by Gasteiger charge is 2.31. The lowest BCUT2D eigenvalue weighted by Gasteiger charge is -2.37. The van der Waals surface area contributed by atoms with Crippen LogP contribution in [-0.2, 0) is 15.7 Å². The highest BCUT2D eigenvalue weighted by Crippen LogP contribution is 2.31. The Kier molecular flexibility index (Phi) is 10.5. The summed E-state index contributed by atoms with van der Waals surface area (Å²) in [4.78, 5) is 19.4. The quantitative estimate of drug-likeness (QED) is 0.202. The first-order valence-corrected chi connectivity index (χ1v) is 9.29. The molecule has 1 fully saturated rings. The Hall–Kier alpha value is -1.72. The molecule has 6 nitrogen and oxygen atoms in total. The topological polar surface area (TPSA) is 57.2 Å². The van der Waals surface area contributed by atoms with Gasteiger partial charge in [-0.25, -0.2) is 0 Å². The summed E-state index contributed by atoms with van der Waals surface area (Å²) >= 11 is 0. The van der Waals surface area contributed by atoms with E-state index in [2.05, 4.69) is 19.9 Å². The number of anilines is 1. The number of nitrogens with zero attached hydrogens (tertiary/aromatic N) is 3. The number of carbonyl (C=O) groups is 1. The van der Waals surface area contributed by atoms with Crippen molar-refractivity contribution in [3.63, 3.8) is 0 Å². The van der Waals surface area contributed by atoms with Gasteiger partial charge in [0.05, 0.1) is 12.7 Å². The Balaban J connectivity index is 0.00000420. The summed E-state index contributed by atoms with van der Waals surface area (Å²) in [5.74, 6) is 0.553. The van der Waals surface area contributed by atoms with Crippen molar-refractivity contribution in [2.45, 2.75) is 25.4 Å². The molecule has 164 valence electrons. The van der Waals surface area contributed by atoms with Crippen LogP contribution in [0.4, 0.5) is 18.9 Å². The van der Waals surface area contributed by atoms with Crippen LogP contribution in [0.3, 0.4) is 0 Å². The molecular weight excluding hydrogens is 500 g/mol. The third-order valence-electron chi connectivity index (χ3n) is 4.65. The van der Waals surface area contributed by atoms with Crippen LogP contribution in [0.1, 0.15) is 24.8 Å². The summed E-state index contributed by atoms with van der Waals surface area (Å²) < 4.78 is 43.3. The van der Waals surface area contributed by atoms with Gasteiger partial charge in [-0.2, -0.15) is 13.2 Å². The van der Waals surface area contributed by atoms with Crippen LogP contribution < -0.4 is 10.2 Å². The zero-order valence-electron chi connectivity index (χ0n) is 16.7. The Morgan fingerprint density at radius 2 is 1.90 bits per heavy atom. The summed E-state index contributed by atoms with van der Waals surface area (Å²) in [6.45, 7) is 3.25. The van der Waals surface area contributed by atoms with Gasteiger partial charge in [0, 0.05) is 51.9 Å². The van der Waals surface area contributed by atoms with Crippen molar-refractivity contribution in [2.75, 3.05) is 51.8 Å². The molecule has 0 unspecified atom stereocenters. The number of hydrogen-bond acceptors (Lipinski definition) is 4. The first-order valence-electron chi connectivity index (χ1n) is 9.29. The Morgan fingerprint density at radius 1 is 1.21 bits per heavy atom. The van der Waals surface area contributed by atoms with E-state index in [4.69, 9.17) is 0 Å². The fraction of sp³-hybridized carbons (Fsp3) is 0.579. The summed E-state index contributed by atoms with van der Waals surface area (Å²) in [6, 6.07) is 5.44. The summed E-state index contributed by atoms with van der Waals surface area (Å²) in [5, 5.41) is 3.27. The normalized spacial score (nSPS) is 15.0. The van der Waals surface area contributed by atoms with Crippen LogP contribution in [0.2, 0.25) is 0 Å². The minimum atomic E-state index is -4.34. The molecule has 0 aromatic heterocycles. The second-order valence-electron chi connectivity index (χ2n) is 6.53. The molecule has 0 aliphatic carbocycles. The predicted octanol–water partition coefficient (Wildman–Crippen LogP) is 3.36. The average molecular weight is 528 g/mol. The van der Waals surface area contributed by atoms with Crippen LogP contribution in [0.5, 0.6) is 0 Å². The standard InChI is InChI=1S/C19H27F3N4O2.HI/c1-23-18(24-9-4-3-8-17(27)28-2)26-12-10-25(11-13-26)16-7-5-6-15(14-16)19(20,21)22;/h5-7,14H,3-4,8-13H2,1-2H3,(H,23,24);1H. The largest absolute Gasteiger partial charge is 0.469 e. The molecule has 1 aromatic carbocycles. The van der Waals surface area contributed by atoms with Crippen molar-refractivity contribution in [1.29, 1.82) is 0 Å². The number of halogens is 4. The average Bonchev–Trinajstić information content (AvgIpc) is 2.70. The summed E-state index contributed by atoms with van der Waals surface area (Å²) in [7, 11) is 3.08. The number of rotatable bonds is 6. The third kappa shape index (κ3) is 7.90. The van der Waals surface area contributed by atoms with Crippen molar-refractivity contribution >= 4 is 41.6 Å². The van der Waals surface area contributed by atoms with Gasteiger partial charge in [0.25, 0.3) is 0 Å². The van der Waals surface area contributed by atoms with Crippen molar-refractivity contribution in [3.05, 3.63) is 29.8 Å². The zero-order chi connectivity index (χ0) is 20.6. The van der Waals surface area contributed by atoms with Crippen molar-refractivity contribution in [3.8, 4) is 0 Å². The van der Waals surface area contributed by atoms with Gasteiger partial charge < -0.3 is 19.9 Å². The first-order chi connectivity index (χ1) is 13.3. The van der Waals surface area contributed by atoms with Gasteiger partial charge in [-0.15, -0.1) is 24.0 Å². The van der Waals surface area contributed by atoms with Gasteiger partial charge in [0.1, 0.15) is 0 Å². The molecule has 0 bridgehead atoms. The Morgan fingerprint density at radius 3 is 2.48 bits per heavy atom. The summed E-state index contributed by atoms with van der Waals surface area (Å²) in [5.41, 5.74) is -0.0444. The lowest BCUT2D eigenvalue weighted by molar-refractivity contribution is -0.140. The number of carbonyl (C=O) groups excluding carboxylic acids is 1.